The molecule has 1 aromatic heterocycles. The van der Waals surface area contributed by atoms with Crippen molar-refractivity contribution in [1.82, 2.24) is 5.32 Å². The summed E-state index contributed by atoms with van der Waals surface area (Å²) >= 11 is 7.53. The van der Waals surface area contributed by atoms with E-state index in [1.165, 1.54) is 40.8 Å². The second-order valence-corrected chi connectivity index (χ2v) is 7.13. The number of rotatable bonds is 4. The maximum Gasteiger partial charge on any atom is 0.0339 e. The van der Waals surface area contributed by atoms with Gasteiger partial charge < -0.3 is 5.32 Å². The second kappa shape index (κ2) is 6.43. The Morgan fingerprint density at radius 2 is 2.19 bits per heavy atom. The molecule has 0 saturated carbocycles. The minimum Gasteiger partial charge on any atom is -0.313 e. The van der Waals surface area contributed by atoms with Crippen molar-refractivity contribution in [2.75, 3.05) is 18.6 Å². The van der Waals surface area contributed by atoms with Gasteiger partial charge in [0.1, 0.15) is 0 Å². The van der Waals surface area contributed by atoms with Crippen LogP contribution < -0.4 is 5.32 Å². The van der Waals surface area contributed by atoms with Gasteiger partial charge in [-0.1, -0.05) is 0 Å². The van der Waals surface area contributed by atoms with E-state index in [4.69, 9.17) is 0 Å². The molecule has 90 valence electrons. The van der Waals surface area contributed by atoms with Gasteiger partial charge >= 0.3 is 0 Å². The van der Waals surface area contributed by atoms with Crippen molar-refractivity contribution in [3.8, 4) is 0 Å². The zero-order chi connectivity index (χ0) is 11.4. The molecule has 0 bridgehead atoms. The molecule has 16 heavy (non-hydrogen) atoms. The summed E-state index contributed by atoms with van der Waals surface area (Å²) in [6.07, 6.45) is 4.07. The fraction of sp³-hybridized carbons (Fsp3) is 0.667. The van der Waals surface area contributed by atoms with Gasteiger partial charge in [-0.15, -0.1) is 0 Å². The predicted molar refractivity (Wildman–Crippen MR) is 78.5 cm³/mol. The van der Waals surface area contributed by atoms with Gasteiger partial charge in [-0.05, 0) is 70.6 Å². The summed E-state index contributed by atoms with van der Waals surface area (Å²) < 4.78 is 1.27. The molecular formula is C12H18BrNS2. The van der Waals surface area contributed by atoms with E-state index < -0.39 is 0 Å². The predicted octanol–water partition coefficient (Wildman–Crippen LogP) is 4.30. The van der Waals surface area contributed by atoms with Crippen molar-refractivity contribution in [3.63, 3.8) is 0 Å². The molecular weight excluding hydrogens is 302 g/mol. The van der Waals surface area contributed by atoms with Crippen molar-refractivity contribution < 1.29 is 0 Å². The molecule has 1 fully saturated rings. The molecule has 1 aromatic rings. The van der Waals surface area contributed by atoms with E-state index in [1.54, 1.807) is 11.3 Å². The fourth-order valence-electron chi connectivity index (χ4n) is 2.26. The minimum atomic E-state index is 0.522. The summed E-state index contributed by atoms with van der Waals surface area (Å²) in [5.41, 5.74) is 1.44. The zero-order valence-corrected chi connectivity index (χ0v) is 12.8. The number of halogens is 1. The van der Waals surface area contributed by atoms with E-state index >= 15 is 0 Å². The molecule has 1 aliphatic heterocycles. The third-order valence-corrected chi connectivity index (χ3v) is 6.08. The lowest BCUT2D eigenvalue weighted by molar-refractivity contribution is 0.384. The molecule has 1 aliphatic rings. The highest BCUT2D eigenvalue weighted by Gasteiger charge is 2.21. The Balaban J connectivity index is 1.97. The topological polar surface area (TPSA) is 12.0 Å². The first-order valence-electron chi connectivity index (χ1n) is 5.78. The van der Waals surface area contributed by atoms with Crippen LogP contribution in [0.3, 0.4) is 0 Å². The quantitative estimate of drug-likeness (QED) is 0.887. The summed E-state index contributed by atoms with van der Waals surface area (Å²) in [7, 11) is 2.08. The van der Waals surface area contributed by atoms with E-state index in [0.29, 0.717) is 6.04 Å². The van der Waals surface area contributed by atoms with Crippen LogP contribution in [-0.4, -0.2) is 18.6 Å². The first kappa shape index (κ1) is 12.9. The van der Waals surface area contributed by atoms with Crippen LogP contribution in [0, 0.1) is 5.92 Å². The SMILES string of the molecule is CNC(CC1CCSCC1)c1cscc1Br. The highest BCUT2D eigenvalue weighted by Crippen LogP contribution is 2.34. The van der Waals surface area contributed by atoms with Gasteiger partial charge in [-0.25, -0.2) is 0 Å². The van der Waals surface area contributed by atoms with Gasteiger partial charge in [0, 0.05) is 15.9 Å². The van der Waals surface area contributed by atoms with Crippen LogP contribution in [0.25, 0.3) is 0 Å². The Kier molecular flexibility index (Phi) is 5.20. The number of hydrogen-bond acceptors (Lipinski definition) is 3. The summed E-state index contributed by atoms with van der Waals surface area (Å²) in [4.78, 5) is 0. The van der Waals surface area contributed by atoms with Gasteiger partial charge in [0.15, 0.2) is 0 Å². The van der Waals surface area contributed by atoms with E-state index in [-0.39, 0.29) is 0 Å². The molecule has 1 saturated heterocycles. The molecule has 0 radical (unpaired) electrons. The zero-order valence-electron chi connectivity index (χ0n) is 9.54. The van der Waals surface area contributed by atoms with Crippen LogP contribution >= 0.6 is 39.0 Å². The Labute approximate surface area is 115 Å². The molecule has 1 unspecified atom stereocenters. The Hall–Kier alpha value is 0.490. The van der Waals surface area contributed by atoms with Crippen LogP contribution in [0.4, 0.5) is 0 Å². The average Bonchev–Trinajstić information content (AvgIpc) is 2.74. The van der Waals surface area contributed by atoms with Crippen LogP contribution in [-0.2, 0) is 0 Å². The van der Waals surface area contributed by atoms with Crippen molar-refractivity contribution in [1.29, 1.82) is 0 Å². The van der Waals surface area contributed by atoms with Crippen LogP contribution in [0.5, 0.6) is 0 Å². The standard InChI is InChI=1S/C12H18BrNS2/c1-14-12(10-7-16-8-11(10)13)6-9-2-4-15-5-3-9/h7-9,12,14H,2-6H2,1H3. The first-order valence-corrected chi connectivity index (χ1v) is 8.67. The maximum absolute atomic E-state index is 3.64. The van der Waals surface area contributed by atoms with Crippen molar-refractivity contribution in [2.24, 2.45) is 5.92 Å². The van der Waals surface area contributed by atoms with Gasteiger partial charge in [-0.2, -0.15) is 23.1 Å². The molecule has 2 rings (SSSR count). The molecule has 4 heteroatoms. The van der Waals surface area contributed by atoms with E-state index in [9.17, 15) is 0 Å². The number of nitrogens with one attached hydrogen (secondary N) is 1. The number of thioether (sulfide) groups is 1. The van der Waals surface area contributed by atoms with Crippen LogP contribution in [0.1, 0.15) is 30.9 Å². The molecule has 2 heterocycles. The smallest absolute Gasteiger partial charge is 0.0339 e. The monoisotopic (exact) mass is 319 g/mol. The van der Waals surface area contributed by atoms with Crippen molar-refractivity contribution in [2.45, 2.75) is 25.3 Å². The average molecular weight is 320 g/mol. The van der Waals surface area contributed by atoms with Crippen LogP contribution in [0.15, 0.2) is 15.2 Å². The first-order chi connectivity index (χ1) is 7.81. The maximum atomic E-state index is 3.64. The molecule has 1 nitrogen and oxygen atoms in total. The lowest BCUT2D eigenvalue weighted by atomic mass is 9.92. The molecule has 1 atom stereocenters. The van der Waals surface area contributed by atoms with Crippen molar-refractivity contribution >= 4 is 39.0 Å². The largest absolute Gasteiger partial charge is 0.313 e. The molecule has 0 aromatic carbocycles. The summed E-state index contributed by atoms with van der Waals surface area (Å²) in [5.74, 6) is 3.61. The van der Waals surface area contributed by atoms with E-state index in [1.807, 2.05) is 0 Å². The molecule has 0 spiro atoms. The molecule has 0 amide bonds. The third kappa shape index (κ3) is 3.25. The second-order valence-electron chi connectivity index (χ2n) is 4.31. The molecule has 0 aliphatic carbocycles. The molecule has 1 N–H and O–H groups in total. The number of thiophene rings is 1. The minimum absolute atomic E-state index is 0.522. The number of hydrogen-bond donors (Lipinski definition) is 1. The van der Waals surface area contributed by atoms with Crippen molar-refractivity contribution in [3.05, 3.63) is 20.8 Å². The van der Waals surface area contributed by atoms with Gasteiger partial charge in [0.05, 0.1) is 0 Å². The van der Waals surface area contributed by atoms with Gasteiger partial charge in [-0.3, -0.25) is 0 Å². The van der Waals surface area contributed by atoms with E-state index in [0.717, 1.165) is 5.92 Å². The Morgan fingerprint density at radius 3 is 2.75 bits per heavy atom. The van der Waals surface area contributed by atoms with Gasteiger partial charge in [0.25, 0.3) is 0 Å². The highest BCUT2D eigenvalue weighted by atomic mass is 79.9. The lowest BCUT2D eigenvalue weighted by Crippen LogP contribution is -2.22. The third-order valence-electron chi connectivity index (χ3n) is 3.28. The Bertz CT molecular complexity index is 321. The lowest BCUT2D eigenvalue weighted by Gasteiger charge is -2.26. The normalized spacial score (nSPS) is 19.9. The summed E-state index contributed by atoms with van der Waals surface area (Å²) in [6.45, 7) is 0. The van der Waals surface area contributed by atoms with Crippen LogP contribution in [0.2, 0.25) is 0 Å². The summed E-state index contributed by atoms with van der Waals surface area (Å²) in [6, 6.07) is 0.522. The fourth-order valence-corrected chi connectivity index (χ4v) is 5.09. The summed E-state index contributed by atoms with van der Waals surface area (Å²) in [5, 5.41) is 7.91. The van der Waals surface area contributed by atoms with Gasteiger partial charge in [0.2, 0.25) is 0 Å². The van der Waals surface area contributed by atoms with E-state index in [2.05, 4.69) is 50.8 Å². The Morgan fingerprint density at radius 1 is 1.44 bits per heavy atom. The highest BCUT2D eigenvalue weighted by molar-refractivity contribution is 9.10.